The Labute approximate surface area is 120 Å². The molecule has 5 heteroatoms. The molecule has 0 aliphatic carbocycles. The van der Waals surface area contributed by atoms with Crippen LogP contribution in [0.4, 0.5) is 0 Å². The zero-order valence-corrected chi connectivity index (χ0v) is 12.3. The Morgan fingerprint density at radius 3 is 2.83 bits per heavy atom. The maximum Gasteiger partial charge on any atom is 0.170 e. The van der Waals surface area contributed by atoms with Crippen molar-refractivity contribution in [2.24, 2.45) is 0 Å². The van der Waals surface area contributed by atoms with Gasteiger partial charge in [0.05, 0.1) is 17.0 Å². The van der Waals surface area contributed by atoms with Crippen LogP contribution in [0.1, 0.15) is 5.56 Å². The molecule has 0 spiro atoms. The van der Waals surface area contributed by atoms with E-state index in [9.17, 15) is 4.79 Å². The number of benzene rings is 1. The highest BCUT2D eigenvalue weighted by Gasteiger charge is 2.01. The predicted octanol–water partition coefficient (Wildman–Crippen LogP) is 3.30. The molecule has 0 saturated carbocycles. The molecule has 0 saturated heterocycles. The van der Waals surface area contributed by atoms with Crippen molar-refractivity contribution in [3.63, 3.8) is 0 Å². The number of rotatable bonds is 7. The SMILES string of the molecule is COCCOc1ccc(/C=C/C(=O)CCl)cc1Br. The van der Waals surface area contributed by atoms with Gasteiger partial charge in [0.2, 0.25) is 0 Å². The third kappa shape index (κ3) is 5.21. The summed E-state index contributed by atoms with van der Waals surface area (Å²) in [6.07, 6.45) is 3.18. The fourth-order valence-corrected chi connectivity index (χ4v) is 1.81. The summed E-state index contributed by atoms with van der Waals surface area (Å²) < 4.78 is 11.2. The van der Waals surface area contributed by atoms with Crippen molar-refractivity contribution in [3.8, 4) is 5.75 Å². The molecule has 0 atom stereocenters. The average molecular weight is 334 g/mol. The number of ether oxygens (including phenoxy) is 2. The zero-order chi connectivity index (χ0) is 13.4. The molecule has 1 aromatic rings. The second-order valence-corrected chi connectivity index (χ2v) is 4.59. The summed E-state index contributed by atoms with van der Waals surface area (Å²) in [5.41, 5.74) is 0.902. The number of halogens is 2. The maximum atomic E-state index is 11.0. The number of alkyl halides is 1. The molecular formula is C13H14BrClO3. The van der Waals surface area contributed by atoms with E-state index in [0.29, 0.717) is 13.2 Å². The first kappa shape index (κ1) is 15.2. The Kier molecular flexibility index (Phi) is 7.01. The van der Waals surface area contributed by atoms with Crippen LogP contribution in [0.25, 0.3) is 6.08 Å². The normalized spacial score (nSPS) is 10.8. The molecule has 0 aromatic heterocycles. The second kappa shape index (κ2) is 8.29. The van der Waals surface area contributed by atoms with Crippen LogP contribution in [0.3, 0.4) is 0 Å². The van der Waals surface area contributed by atoms with E-state index >= 15 is 0 Å². The lowest BCUT2D eigenvalue weighted by atomic mass is 10.2. The van der Waals surface area contributed by atoms with E-state index in [2.05, 4.69) is 15.9 Å². The van der Waals surface area contributed by atoms with Gasteiger partial charge in [-0.1, -0.05) is 12.1 Å². The number of carbonyl (C=O) groups is 1. The minimum atomic E-state index is -0.117. The summed E-state index contributed by atoms with van der Waals surface area (Å²) in [4.78, 5) is 11.0. The highest BCUT2D eigenvalue weighted by atomic mass is 79.9. The van der Waals surface area contributed by atoms with E-state index in [0.717, 1.165) is 15.8 Å². The van der Waals surface area contributed by atoms with Crippen molar-refractivity contribution in [1.82, 2.24) is 0 Å². The molecule has 0 fully saturated rings. The Hall–Kier alpha value is -0.840. The topological polar surface area (TPSA) is 35.5 Å². The highest BCUT2D eigenvalue weighted by Crippen LogP contribution is 2.26. The van der Waals surface area contributed by atoms with Gasteiger partial charge in [-0.3, -0.25) is 4.79 Å². The second-order valence-electron chi connectivity index (χ2n) is 3.46. The van der Waals surface area contributed by atoms with Gasteiger partial charge in [-0.2, -0.15) is 0 Å². The van der Waals surface area contributed by atoms with Crippen LogP contribution >= 0.6 is 27.5 Å². The minimum absolute atomic E-state index is 0.00409. The van der Waals surface area contributed by atoms with Gasteiger partial charge in [0, 0.05) is 7.11 Å². The summed E-state index contributed by atoms with van der Waals surface area (Å²) in [6.45, 7) is 1.04. The van der Waals surface area contributed by atoms with Crippen molar-refractivity contribution >= 4 is 39.4 Å². The van der Waals surface area contributed by atoms with E-state index in [1.165, 1.54) is 6.08 Å². The molecule has 0 heterocycles. The summed E-state index contributed by atoms with van der Waals surface area (Å²) in [5.74, 6) is 0.622. The molecule has 0 aliphatic rings. The lowest BCUT2D eigenvalue weighted by molar-refractivity contribution is -0.112. The third-order valence-electron chi connectivity index (χ3n) is 2.09. The van der Waals surface area contributed by atoms with Crippen molar-refractivity contribution < 1.29 is 14.3 Å². The molecule has 1 aromatic carbocycles. The molecule has 98 valence electrons. The maximum absolute atomic E-state index is 11.0. The summed E-state index contributed by atoms with van der Waals surface area (Å²) in [7, 11) is 1.63. The van der Waals surface area contributed by atoms with Crippen molar-refractivity contribution in [1.29, 1.82) is 0 Å². The number of hydrogen-bond acceptors (Lipinski definition) is 3. The van der Waals surface area contributed by atoms with E-state index in [1.807, 2.05) is 18.2 Å². The van der Waals surface area contributed by atoms with E-state index in [-0.39, 0.29) is 11.7 Å². The molecule has 0 radical (unpaired) electrons. The Bertz CT molecular complexity index is 432. The predicted molar refractivity (Wildman–Crippen MR) is 76.3 cm³/mol. The average Bonchev–Trinajstić information content (AvgIpc) is 2.38. The summed E-state index contributed by atoms with van der Waals surface area (Å²) >= 11 is 8.82. The molecule has 1 rings (SSSR count). The zero-order valence-electron chi connectivity index (χ0n) is 9.99. The van der Waals surface area contributed by atoms with Gasteiger partial charge in [0.15, 0.2) is 5.78 Å². The van der Waals surface area contributed by atoms with E-state index in [1.54, 1.807) is 13.2 Å². The molecular weight excluding hydrogens is 319 g/mol. The van der Waals surface area contributed by atoms with Gasteiger partial charge in [0.25, 0.3) is 0 Å². The van der Waals surface area contributed by atoms with Crippen LogP contribution in [0.15, 0.2) is 28.7 Å². The van der Waals surface area contributed by atoms with Crippen LogP contribution in [-0.2, 0) is 9.53 Å². The van der Waals surface area contributed by atoms with Crippen LogP contribution in [-0.4, -0.2) is 32.0 Å². The lowest BCUT2D eigenvalue weighted by Crippen LogP contribution is -2.04. The Morgan fingerprint density at radius 1 is 1.44 bits per heavy atom. The Balaban J connectivity index is 2.67. The number of allylic oxidation sites excluding steroid dienone is 1. The number of methoxy groups -OCH3 is 1. The van der Waals surface area contributed by atoms with E-state index in [4.69, 9.17) is 21.1 Å². The smallest absolute Gasteiger partial charge is 0.170 e. The quantitative estimate of drug-likeness (QED) is 0.436. The Morgan fingerprint density at radius 2 is 2.22 bits per heavy atom. The van der Waals surface area contributed by atoms with Gasteiger partial charge in [-0.15, -0.1) is 11.6 Å². The third-order valence-corrected chi connectivity index (χ3v) is 2.98. The van der Waals surface area contributed by atoms with Crippen LogP contribution in [0, 0.1) is 0 Å². The fraction of sp³-hybridized carbons (Fsp3) is 0.308. The van der Waals surface area contributed by atoms with Crippen LogP contribution in [0.5, 0.6) is 5.75 Å². The largest absolute Gasteiger partial charge is 0.490 e. The molecule has 0 amide bonds. The standard InChI is InChI=1S/C13H14BrClO3/c1-17-6-7-18-13-5-3-10(8-12(13)14)2-4-11(16)9-15/h2-5,8H,6-7,9H2,1H3/b4-2+. The molecule has 18 heavy (non-hydrogen) atoms. The molecule has 0 bridgehead atoms. The summed E-state index contributed by atoms with van der Waals surface area (Å²) in [6, 6.07) is 5.58. The van der Waals surface area contributed by atoms with E-state index < -0.39 is 0 Å². The number of hydrogen-bond donors (Lipinski definition) is 0. The van der Waals surface area contributed by atoms with Crippen molar-refractivity contribution in [2.45, 2.75) is 0 Å². The fourth-order valence-electron chi connectivity index (χ4n) is 1.21. The van der Waals surface area contributed by atoms with Gasteiger partial charge in [-0.05, 0) is 39.7 Å². The van der Waals surface area contributed by atoms with Gasteiger partial charge in [-0.25, -0.2) is 0 Å². The van der Waals surface area contributed by atoms with Crippen molar-refractivity contribution in [2.75, 3.05) is 26.2 Å². The number of ketones is 1. The van der Waals surface area contributed by atoms with Crippen LogP contribution < -0.4 is 4.74 Å². The first-order valence-corrected chi connectivity index (χ1v) is 6.68. The van der Waals surface area contributed by atoms with Crippen molar-refractivity contribution in [3.05, 3.63) is 34.3 Å². The lowest BCUT2D eigenvalue weighted by Gasteiger charge is -2.08. The minimum Gasteiger partial charge on any atom is -0.490 e. The molecule has 0 N–H and O–H groups in total. The monoisotopic (exact) mass is 332 g/mol. The van der Waals surface area contributed by atoms with Crippen LogP contribution in [0.2, 0.25) is 0 Å². The van der Waals surface area contributed by atoms with Gasteiger partial charge in [0.1, 0.15) is 12.4 Å². The molecule has 0 aliphatic heterocycles. The van der Waals surface area contributed by atoms with Gasteiger partial charge >= 0.3 is 0 Å². The molecule has 3 nitrogen and oxygen atoms in total. The number of carbonyl (C=O) groups excluding carboxylic acids is 1. The van der Waals surface area contributed by atoms with Gasteiger partial charge < -0.3 is 9.47 Å². The first-order chi connectivity index (χ1) is 8.67. The first-order valence-electron chi connectivity index (χ1n) is 5.35. The molecule has 0 unspecified atom stereocenters. The summed E-state index contributed by atoms with van der Waals surface area (Å²) in [5, 5.41) is 0. The highest BCUT2D eigenvalue weighted by molar-refractivity contribution is 9.10.